The molecule has 0 aliphatic rings. The minimum atomic E-state index is -0.377. The Morgan fingerprint density at radius 3 is 2.65 bits per heavy atom. The smallest absolute Gasteiger partial charge is 0.274 e. The second-order valence-electron chi connectivity index (χ2n) is 5.63. The third-order valence-corrected chi connectivity index (χ3v) is 4.01. The zero-order chi connectivity index (χ0) is 18.5. The molecule has 2 N–H and O–H groups in total. The first-order valence-electron chi connectivity index (χ1n) is 7.86. The van der Waals surface area contributed by atoms with Gasteiger partial charge in [0.1, 0.15) is 11.8 Å². The molecule has 2 aromatic carbocycles. The largest absolute Gasteiger partial charge is 0.354 e. The molecule has 0 saturated heterocycles. The maximum absolute atomic E-state index is 12.3. The predicted molar refractivity (Wildman–Crippen MR) is 103 cm³/mol. The Morgan fingerprint density at radius 2 is 1.92 bits per heavy atom. The molecule has 0 spiro atoms. The number of nitrogens with zero attached hydrogens (tertiary/aromatic N) is 2. The third kappa shape index (κ3) is 4.00. The molecule has 0 fully saturated rings. The minimum absolute atomic E-state index is 0.256. The first kappa shape index (κ1) is 17.5. The van der Waals surface area contributed by atoms with Crippen molar-refractivity contribution in [3.05, 3.63) is 82.6 Å². The highest BCUT2D eigenvalue weighted by Gasteiger charge is 2.10. The molecule has 0 unspecified atom stereocenters. The second kappa shape index (κ2) is 7.68. The number of carbonyl (C=O) groups is 1. The van der Waals surface area contributed by atoms with Gasteiger partial charge in [0, 0.05) is 10.7 Å². The van der Waals surface area contributed by atoms with Crippen LogP contribution >= 0.6 is 11.6 Å². The van der Waals surface area contributed by atoms with Gasteiger partial charge in [0.05, 0.1) is 23.1 Å². The predicted octanol–water partition coefficient (Wildman–Crippen LogP) is 4.91. The van der Waals surface area contributed by atoms with Crippen molar-refractivity contribution in [2.24, 2.45) is 0 Å². The molecule has 3 rings (SSSR count). The molecule has 5 nitrogen and oxygen atoms in total. The first-order chi connectivity index (χ1) is 12.6. The number of benzene rings is 2. The van der Waals surface area contributed by atoms with E-state index in [4.69, 9.17) is 16.9 Å². The SMILES string of the molecule is Cc1ccc(Cl)cc1Nc1ccc(C(=O)Nc2ccccc2C#N)nc1. The van der Waals surface area contributed by atoms with Crippen LogP contribution in [0.4, 0.5) is 17.1 Å². The van der Waals surface area contributed by atoms with Crippen molar-refractivity contribution >= 4 is 34.6 Å². The van der Waals surface area contributed by atoms with Crippen molar-refractivity contribution < 1.29 is 4.79 Å². The van der Waals surface area contributed by atoms with E-state index in [-0.39, 0.29) is 11.6 Å². The lowest BCUT2D eigenvalue weighted by Gasteiger charge is -2.10. The summed E-state index contributed by atoms with van der Waals surface area (Å²) in [4.78, 5) is 16.5. The van der Waals surface area contributed by atoms with Gasteiger partial charge < -0.3 is 10.6 Å². The normalized spacial score (nSPS) is 10.0. The van der Waals surface area contributed by atoms with Crippen LogP contribution in [0.5, 0.6) is 0 Å². The number of hydrogen-bond acceptors (Lipinski definition) is 4. The average molecular weight is 363 g/mol. The highest BCUT2D eigenvalue weighted by molar-refractivity contribution is 6.30. The number of aromatic nitrogens is 1. The number of pyridine rings is 1. The summed E-state index contributed by atoms with van der Waals surface area (Å²) in [6, 6.07) is 17.8. The number of carbonyl (C=O) groups excluding carboxylic acids is 1. The molecule has 1 amide bonds. The summed E-state index contributed by atoms with van der Waals surface area (Å²) in [7, 11) is 0. The number of amides is 1. The van der Waals surface area contributed by atoms with Gasteiger partial charge in [0.25, 0.3) is 5.91 Å². The van der Waals surface area contributed by atoms with Gasteiger partial charge in [-0.05, 0) is 48.9 Å². The van der Waals surface area contributed by atoms with E-state index in [0.717, 1.165) is 16.9 Å². The summed E-state index contributed by atoms with van der Waals surface area (Å²) in [5.41, 5.74) is 3.77. The Bertz CT molecular complexity index is 993. The molecule has 0 radical (unpaired) electrons. The van der Waals surface area contributed by atoms with E-state index < -0.39 is 0 Å². The summed E-state index contributed by atoms with van der Waals surface area (Å²) in [5, 5.41) is 15.7. The van der Waals surface area contributed by atoms with Crippen LogP contribution in [0.1, 0.15) is 21.6 Å². The number of anilines is 3. The maximum atomic E-state index is 12.3. The van der Waals surface area contributed by atoms with Gasteiger partial charge in [-0.25, -0.2) is 4.98 Å². The fourth-order valence-corrected chi connectivity index (χ4v) is 2.53. The van der Waals surface area contributed by atoms with Crippen LogP contribution in [-0.4, -0.2) is 10.9 Å². The molecule has 0 aliphatic heterocycles. The van der Waals surface area contributed by atoms with Crippen molar-refractivity contribution in [1.82, 2.24) is 4.98 Å². The molecule has 0 atom stereocenters. The van der Waals surface area contributed by atoms with Crippen LogP contribution in [0.25, 0.3) is 0 Å². The van der Waals surface area contributed by atoms with E-state index in [1.165, 1.54) is 0 Å². The molecule has 26 heavy (non-hydrogen) atoms. The summed E-state index contributed by atoms with van der Waals surface area (Å²) >= 11 is 6.02. The quantitative estimate of drug-likeness (QED) is 0.691. The molecule has 128 valence electrons. The molecule has 0 aliphatic carbocycles. The summed E-state index contributed by atoms with van der Waals surface area (Å²) < 4.78 is 0. The molecule has 1 aromatic heterocycles. The highest BCUT2D eigenvalue weighted by Crippen LogP contribution is 2.24. The molecule has 6 heteroatoms. The van der Waals surface area contributed by atoms with Crippen molar-refractivity contribution in [1.29, 1.82) is 5.26 Å². The molecule has 0 saturated carbocycles. The van der Waals surface area contributed by atoms with Gasteiger partial charge in [-0.15, -0.1) is 0 Å². The van der Waals surface area contributed by atoms with E-state index >= 15 is 0 Å². The topological polar surface area (TPSA) is 77.8 Å². The van der Waals surface area contributed by atoms with Crippen molar-refractivity contribution in [3.8, 4) is 6.07 Å². The van der Waals surface area contributed by atoms with Gasteiger partial charge in [-0.3, -0.25) is 4.79 Å². The van der Waals surface area contributed by atoms with Gasteiger partial charge in [-0.1, -0.05) is 29.8 Å². The number of hydrogen-bond donors (Lipinski definition) is 2. The van der Waals surface area contributed by atoms with Crippen LogP contribution in [-0.2, 0) is 0 Å². The van der Waals surface area contributed by atoms with Crippen molar-refractivity contribution in [2.75, 3.05) is 10.6 Å². The maximum Gasteiger partial charge on any atom is 0.274 e. The van der Waals surface area contributed by atoms with E-state index in [2.05, 4.69) is 15.6 Å². The van der Waals surface area contributed by atoms with Crippen LogP contribution in [0.15, 0.2) is 60.8 Å². The monoisotopic (exact) mass is 362 g/mol. The Balaban J connectivity index is 1.74. The number of nitriles is 1. The van der Waals surface area contributed by atoms with E-state index in [1.54, 1.807) is 42.6 Å². The number of rotatable bonds is 4. The Hall–Kier alpha value is -3.36. The van der Waals surface area contributed by atoms with E-state index in [9.17, 15) is 4.79 Å². The average Bonchev–Trinajstić information content (AvgIpc) is 2.65. The number of nitrogens with one attached hydrogen (secondary N) is 2. The van der Waals surface area contributed by atoms with Gasteiger partial charge >= 0.3 is 0 Å². The van der Waals surface area contributed by atoms with Crippen molar-refractivity contribution in [2.45, 2.75) is 6.92 Å². The summed E-state index contributed by atoms with van der Waals surface area (Å²) in [5.74, 6) is -0.377. The molecule has 3 aromatic rings. The summed E-state index contributed by atoms with van der Waals surface area (Å²) in [6.07, 6.45) is 1.57. The molecular weight excluding hydrogens is 348 g/mol. The van der Waals surface area contributed by atoms with Gasteiger partial charge in [0.15, 0.2) is 0 Å². The lowest BCUT2D eigenvalue weighted by atomic mass is 10.2. The number of para-hydroxylation sites is 1. The fraction of sp³-hybridized carbons (Fsp3) is 0.0500. The fourth-order valence-electron chi connectivity index (χ4n) is 2.36. The van der Waals surface area contributed by atoms with Crippen LogP contribution in [0.2, 0.25) is 5.02 Å². The lowest BCUT2D eigenvalue weighted by Crippen LogP contribution is -2.14. The van der Waals surface area contributed by atoms with Crippen molar-refractivity contribution in [3.63, 3.8) is 0 Å². The zero-order valence-electron chi connectivity index (χ0n) is 14.0. The Labute approximate surface area is 156 Å². The highest BCUT2D eigenvalue weighted by atomic mass is 35.5. The second-order valence-corrected chi connectivity index (χ2v) is 6.06. The zero-order valence-corrected chi connectivity index (χ0v) is 14.7. The van der Waals surface area contributed by atoms with Crippen LogP contribution < -0.4 is 10.6 Å². The van der Waals surface area contributed by atoms with E-state index in [0.29, 0.717) is 16.3 Å². The van der Waals surface area contributed by atoms with Crippen LogP contribution in [0, 0.1) is 18.3 Å². The van der Waals surface area contributed by atoms with Crippen LogP contribution in [0.3, 0.4) is 0 Å². The first-order valence-corrected chi connectivity index (χ1v) is 8.24. The van der Waals surface area contributed by atoms with Gasteiger partial charge in [-0.2, -0.15) is 5.26 Å². The lowest BCUT2D eigenvalue weighted by molar-refractivity contribution is 0.102. The van der Waals surface area contributed by atoms with Gasteiger partial charge in [0.2, 0.25) is 0 Å². The Kier molecular flexibility index (Phi) is 5.16. The summed E-state index contributed by atoms with van der Waals surface area (Å²) in [6.45, 7) is 1.97. The third-order valence-electron chi connectivity index (χ3n) is 3.77. The number of aryl methyl sites for hydroxylation is 1. The Morgan fingerprint density at radius 1 is 1.12 bits per heavy atom. The number of halogens is 1. The molecule has 0 bridgehead atoms. The van der Waals surface area contributed by atoms with E-state index in [1.807, 2.05) is 31.2 Å². The molecular formula is C20H15ClN4O. The standard InChI is InChI=1S/C20H15ClN4O/c1-13-6-7-15(21)10-19(13)24-16-8-9-18(23-12-16)20(26)25-17-5-3-2-4-14(17)11-22/h2-10,12,24H,1H3,(H,25,26). The molecule has 1 heterocycles. The minimum Gasteiger partial charge on any atom is -0.354 e.